The van der Waals surface area contributed by atoms with Crippen molar-refractivity contribution in [1.82, 2.24) is 10.5 Å². The first-order chi connectivity index (χ1) is 10.5. The van der Waals surface area contributed by atoms with Crippen LogP contribution in [-0.2, 0) is 0 Å². The van der Waals surface area contributed by atoms with E-state index < -0.39 is 5.54 Å². The van der Waals surface area contributed by atoms with E-state index in [0.717, 1.165) is 18.4 Å². The molecule has 0 unspecified atom stereocenters. The summed E-state index contributed by atoms with van der Waals surface area (Å²) in [5.74, 6) is -0.165. The lowest BCUT2D eigenvalue weighted by molar-refractivity contribution is 0.0905. The minimum atomic E-state index is -0.397. The molecular formula is C16H21Cl2N3O2. The highest BCUT2D eigenvalue weighted by atomic mass is 35.5. The number of hydrogen-bond acceptors (Lipinski definition) is 4. The van der Waals surface area contributed by atoms with Crippen molar-refractivity contribution < 1.29 is 9.32 Å². The molecule has 0 atom stereocenters. The van der Waals surface area contributed by atoms with Gasteiger partial charge < -0.3 is 15.6 Å². The van der Waals surface area contributed by atoms with Gasteiger partial charge >= 0.3 is 0 Å². The molecule has 0 fully saturated rings. The molecule has 23 heavy (non-hydrogen) atoms. The molecule has 7 heteroatoms. The SMILES string of the molecule is CCC(N)(CC)CNC(=O)c1cc(-c2cccc(Cl)c2)no1.Cl. The molecule has 0 spiro atoms. The van der Waals surface area contributed by atoms with Gasteiger partial charge in [-0.25, -0.2) is 0 Å². The number of rotatable bonds is 6. The van der Waals surface area contributed by atoms with E-state index >= 15 is 0 Å². The Kier molecular flexibility index (Phi) is 7.06. The summed E-state index contributed by atoms with van der Waals surface area (Å²) in [5, 5.41) is 7.30. The zero-order chi connectivity index (χ0) is 16.2. The molecule has 3 N–H and O–H groups in total. The van der Waals surface area contributed by atoms with Crippen molar-refractivity contribution in [3.8, 4) is 11.3 Å². The Hall–Kier alpha value is -1.56. The van der Waals surface area contributed by atoms with E-state index in [2.05, 4.69) is 10.5 Å². The summed E-state index contributed by atoms with van der Waals surface area (Å²) in [5.41, 5.74) is 7.13. The summed E-state index contributed by atoms with van der Waals surface area (Å²) in [6.45, 7) is 4.40. The van der Waals surface area contributed by atoms with Crippen LogP contribution in [0, 0.1) is 0 Å². The maximum atomic E-state index is 12.1. The van der Waals surface area contributed by atoms with Crippen LogP contribution in [0.15, 0.2) is 34.9 Å². The number of nitrogens with one attached hydrogen (secondary N) is 1. The second kappa shape index (κ2) is 8.34. The normalized spacial score (nSPS) is 11.0. The first-order valence-corrected chi connectivity index (χ1v) is 7.65. The van der Waals surface area contributed by atoms with Gasteiger partial charge in [-0.15, -0.1) is 12.4 Å². The van der Waals surface area contributed by atoms with Gasteiger partial charge in [-0.2, -0.15) is 0 Å². The van der Waals surface area contributed by atoms with Crippen LogP contribution in [0.2, 0.25) is 5.02 Å². The van der Waals surface area contributed by atoms with E-state index in [-0.39, 0.29) is 24.1 Å². The summed E-state index contributed by atoms with van der Waals surface area (Å²) >= 11 is 5.94. The summed E-state index contributed by atoms with van der Waals surface area (Å²) in [6.07, 6.45) is 1.57. The zero-order valence-corrected chi connectivity index (χ0v) is 14.7. The molecule has 1 heterocycles. The Balaban J connectivity index is 0.00000264. The third kappa shape index (κ3) is 4.96. The molecule has 0 aliphatic heterocycles. The maximum Gasteiger partial charge on any atom is 0.289 e. The molecular weight excluding hydrogens is 337 g/mol. The Labute approximate surface area is 147 Å². The summed E-state index contributed by atoms with van der Waals surface area (Å²) in [6, 6.07) is 8.80. The van der Waals surface area contributed by atoms with Crippen molar-refractivity contribution in [1.29, 1.82) is 0 Å². The van der Waals surface area contributed by atoms with Crippen LogP contribution in [-0.4, -0.2) is 23.1 Å². The second-order valence-corrected chi connectivity index (χ2v) is 5.78. The minimum Gasteiger partial charge on any atom is -0.350 e. The largest absolute Gasteiger partial charge is 0.350 e. The number of aromatic nitrogens is 1. The van der Waals surface area contributed by atoms with Crippen molar-refractivity contribution in [3.05, 3.63) is 41.1 Å². The second-order valence-electron chi connectivity index (χ2n) is 5.34. The van der Waals surface area contributed by atoms with E-state index in [9.17, 15) is 4.79 Å². The Morgan fingerprint density at radius 3 is 2.65 bits per heavy atom. The fraction of sp³-hybridized carbons (Fsp3) is 0.375. The number of carbonyl (C=O) groups is 1. The minimum absolute atomic E-state index is 0. The number of nitrogens with two attached hydrogens (primary N) is 1. The Bertz CT molecular complexity index is 654. The number of amides is 1. The molecule has 0 radical (unpaired) electrons. The fourth-order valence-electron chi connectivity index (χ4n) is 2.01. The summed E-state index contributed by atoms with van der Waals surface area (Å²) in [4.78, 5) is 12.1. The number of nitrogens with zero attached hydrogens (tertiary/aromatic N) is 1. The number of benzene rings is 1. The third-order valence-electron chi connectivity index (χ3n) is 3.86. The molecule has 126 valence electrons. The lowest BCUT2D eigenvalue weighted by atomic mass is 9.94. The molecule has 1 aromatic carbocycles. The lowest BCUT2D eigenvalue weighted by Crippen LogP contribution is -2.49. The number of hydrogen-bond donors (Lipinski definition) is 2. The highest BCUT2D eigenvalue weighted by Crippen LogP contribution is 2.22. The zero-order valence-electron chi connectivity index (χ0n) is 13.1. The molecule has 2 aromatic rings. The van der Waals surface area contributed by atoms with Gasteiger partial charge in [-0.05, 0) is 25.0 Å². The average Bonchev–Trinajstić information content (AvgIpc) is 3.02. The highest BCUT2D eigenvalue weighted by molar-refractivity contribution is 6.30. The van der Waals surface area contributed by atoms with Crippen molar-refractivity contribution in [2.75, 3.05) is 6.54 Å². The molecule has 0 saturated carbocycles. The van der Waals surface area contributed by atoms with Gasteiger partial charge in [0.2, 0.25) is 5.76 Å². The standard InChI is InChI=1S/C16H20ClN3O2.ClH/c1-3-16(18,4-2)10-19-15(21)14-9-13(20-22-14)11-6-5-7-12(17)8-11;/h5-9H,3-4,10,18H2,1-2H3,(H,19,21);1H. The lowest BCUT2D eigenvalue weighted by Gasteiger charge is -2.26. The van der Waals surface area contributed by atoms with Crippen molar-refractivity contribution >= 4 is 29.9 Å². The summed E-state index contributed by atoms with van der Waals surface area (Å²) < 4.78 is 5.11. The van der Waals surface area contributed by atoms with Crippen LogP contribution in [0.1, 0.15) is 37.2 Å². The first-order valence-electron chi connectivity index (χ1n) is 7.27. The molecule has 1 amide bonds. The van der Waals surface area contributed by atoms with E-state index in [1.54, 1.807) is 18.2 Å². The molecule has 0 aliphatic rings. The van der Waals surface area contributed by atoms with Crippen LogP contribution in [0.4, 0.5) is 0 Å². The van der Waals surface area contributed by atoms with Crippen LogP contribution >= 0.6 is 24.0 Å². The van der Waals surface area contributed by atoms with Gasteiger partial charge in [0.05, 0.1) is 0 Å². The van der Waals surface area contributed by atoms with Crippen LogP contribution in [0.3, 0.4) is 0 Å². The van der Waals surface area contributed by atoms with Gasteiger partial charge in [0.15, 0.2) is 0 Å². The molecule has 0 aliphatic carbocycles. The van der Waals surface area contributed by atoms with Gasteiger partial charge in [0, 0.05) is 28.7 Å². The van der Waals surface area contributed by atoms with E-state index in [1.807, 2.05) is 26.0 Å². The number of halogens is 2. The molecule has 2 rings (SSSR count). The van der Waals surface area contributed by atoms with Gasteiger partial charge in [-0.1, -0.05) is 42.7 Å². The van der Waals surface area contributed by atoms with Gasteiger partial charge in [0.25, 0.3) is 5.91 Å². The van der Waals surface area contributed by atoms with Crippen LogP contribution < -0.4 is 11.1 Å². The molecule has 1 aromatic heterocycles. The van der Waals surface area contributed by atoms with Crippen molar-refractivity contribution in [3.63, 3.8) is 0 Å². The Morgan fingerprint density at radius 1 is 1.35 bits per heavy atom. The third-order valence-corrected chi connectivity index (χ3v) is 4.10. The molecule has 5 nitrogen and oxygen atoms in total. The highest BCUT2D eigenvalue weighted by Gasteiger charge is 2.22. The fourth-order valence-corrected chi connectivity index (χ4v) is 2.20. The topological polar surface area (TPSA) is 81.1 Å². The van der Waals surface area contributed by atoms with Gasteiger partial charge in [0.1, 0.15) is 5.69 Å². The van der Waals surface area contributed by atoms with Crippen LogP contribution in [0.25, 0.3) is 11.3 Å². The Morgan fingerprint density at radius 2 is 2.04 bits per heavy atom. The maximum absolute atomic E-state index is 12.1. The van der Waals surface area contributed by atoms with E-state index in [4.69, 9.17) is 21.9 Å². The molecule has 0 saturated heterocycles. The van der Waals surface area contributed by atoms with Crippen LogP contribution in [0.5, 0.6) is 0 Å². The van der Waals surface area contributed by atoms with E-state index in [0.29, 0.717) is 17.3 Å². The number of carbonyl (C=O) groups excluding carboxylic acids is 1. The first kappa shape index (κ1) is 19.5. The predicted octanol–water partition coefficient (Wildman–Crippen LogP) is 3.66. The summed E-state index contributed by atoms with van der Waals surface area (Å²) in [7, 11) is 0. The smallest absolute Gasteiger partial charge is 0.289 e. The van der Waals surface area contributed by atoms with Gasteiger partial charge in [-0.3, -0.25) is 4.79 Å². The quantitative estimate of drug-likeness (QED) is 0.826. The van der Waals surface area contributed by atoms with Crippen molar-refractivity contribution in [2.24, 2.45) is 5.73 Å². The molecule has 0 bridgehead atoms. The predicted molar refractivity (Wildman–Crippen MR) is 94.0 cm³/mol. The monoisotopic (exact) mass is 357 g/mol. The van der Waals surface area contributed by atoms with Crippen molar-refractivity contribution in [2.45, 2.75) is 32.2 Å². The van der Waals surface area contributed by atoms with E-state index in [1.165, 1.54) is 0 Å². The average molecular weight is 358 g/mol.